The van der Waals surface area contributed by atoms with Crippen LogP contribution in [0.5, 0.6) is 0 Å². The molecule has 2 amide bonds. The van der Waals surface area contributed by atoms with E-state index in [4.69, 9.17) is 9.47 Å². The highest BCUT2D eigenvalue weighted by Crippen LogP contribution is 2.44. The number of ether oxygens (including phenoxy) is 2. The van der Waals surface area contributed by atoms with Crippen molar-refractivity contribution in [3.63, 3.8) is 0 Å². The van der Waals surface area contributed by atoms with Gasteiger partial charge in [0, 0.05) is 5.92 Å². The second-order valence-corrected chi connectivity index (χ2v) is 9.87. The zero-order valence-corrected chi connectivity index (χ0v) is 20.7. The van der Waals surface area contributed by atoms with Gasteiger partial charge < -0.3 is 14.4 Å². The number of carbonyl (C=O) groups excluding carboxylic acids is 3. The molecule has 0 N–H and O–H groups in total. The number of nitrogens with zero attached hydrogens (tertiary/aromatic N) is 2. The maximum absolute atomic E-state index is 13.6. The van der Waals surface area contributed by atoms with Crippen molar-refractivity contribution in [1.29, 1.82) is 0 Å². The molecular weight excluding hydrogens is 468 g/mol. The molecule has 7 nitrogen and oxygen atoms in total. The average molecular weight is 497 g/mol. The first-order valence-electron chi connectivity index (χ1n) is 12.6. The molecule has 7 heteroatoms. The first-order valence-corrected chi connectivity index (χ1v) is 12.6. The molecule has 4 atom stereocenters. The van der Waals surface area contributed by atoms with Crippen molar-refractivity contribution >= 4 is 18.0 Å². The average Bonchev–Trinajstić information content (AvgIpc) is 3.24. The lowest BCUT2D eigenvalue weighted by molar-refractivity contribution is -0.182. The normalized spacial score (nSPS) is 24.7. The Kier molecular flexibility index (Phi) is 5.71. The summed E-state index contributed by atoms with van der Waals surface area (Å²) in [6, 6.07) is 23.1. The Hall–Kier alpha value is -4.13. The number of cyclic esters (lactones) is 1. The van der Waals surface area contributed by atoms with Crippen molar-refractivity contribution in [2.24, 2.45) is 0 Å². The minimum absolute atomic E-state index is 0.0927. The van der Waals surface area contributed by atoms with Crippen molar-refractivity contribution < 1.29 is 23.9 Å². The lowest BCUT2D eigenvalue weighted by Gasteiger charge is -2.51. The molecule has 3 aromatic rings. The summed E-state index contributed by atoms with van der Waals surface area (Å²) in [5.41, 5.74) is 5.39. The molecule has 3 aliphatic rings. The monoisotopic (exact) mass is 496 g/mol. The number of rotatable bonds is 3. The van der Waals surface area contributed by atoms with Crippen LogP contribution in [0, 0.1) is 0 Å². The summed E-state index contributed by atoms with van der Waals surface area (Å²) in [7, 11) is 0. The molecule has 37 heavy (non-hydrogen) atoms. The minimum Gasteiger partial charge on any atom is -0.462 e. The molecule has 6 rings (SSSR count). The topological polar surface area (TPSA) is 76.2 Å². The lowest BCUT2D eigenvalue weighted by atomic mass is 9.92. The van der Waals surface area contributed by atoms with E-state index < -0.39 is 36.2 Å². The number of fused-ring (bicyclic) bond motifs is 4. The van der Waals surface area contributed by atoms with Gasteiger partial charge >= 0.3 is 12.1 Å². The molecule has 188 valence electrons. The van der Waals surface area contributed by atoms with Crippen LogP contribution in [-0.4, -0.2) is 59.1 Å². The number of piperazine rings is 1. The summed E-state index contributed by atoms with van der Waals surface area (Å²) in [5, 5.41) is 0. The molecule has 0 saturated carbocycles. The molecule has 0 spiro atoms. The highest BCUT2D eigenvalue weighted by Gasteiger charge is 2.54. The van der Waals surface area contributed by atoms with E-state index in [1.807, 2.05) is 54.6 Å². The molecule has 0 aromatic heterocycles. The molecule has 2 fully saturated rings. The van der Waals surface area contributed by atoms with E-state index >= 15 is 0 Å². The zero-order chi connectivity index (χ0) is 25.7. The molecule has 1 unspecified atom stereocenters. The van der Waals surface area contributed by atoms with Gasteiger partial charge in [0.15, 0.2) is 6.04 Å². The number of benzene rings is 3. The molecule has 2 aliphatic heterocycles. The summed E-state index contributed by atoms with van der Waals surface area (Å²) in [6.07, 6.45) is -0.607. The Balaban J connectivity index is 1.24. The minimum atomic E-state index is -0.900. The van der Waals surface area contributed by atoms with Crippen molar-refractivity contribution in [1.82, 2.24) is 9.80 Å². The van der Waals surface area contributed by atoms with Crippen LogP contribution in [0.2, 0.25) is 0 Å². The van der Waals surface area contributed by atoms with Crippen molar-refractivity contribution in [3.8, 4) is 11.1 Å². The van der Waals surface area contributed by atoms with E-state index in [1.165, 1.54) is 4.90 Å². The van der Waals surface area contributed by atoms with Crippen LogP contribution in [-0.2, 0) is 19.1 Å². The zero-order valence-electron chi connectivity index (χ0n) is 20.7. The maximum Gasteiger partial charge on any atom is 0.410 e. The number of hydrogen-bond donors (Lipinski definition) is 0. The molecule has 1 aliphatic carbocycles. The number of amides is 2. The van der Waals surface area contributed by atoms with Crippen LogP contribution in [0.3, 0.4) is 0 Å². The summed E-state index contributed by atoms with van der Waals surface area (Å²) in [4.78, 5) is 42.9. The maximum atomic E-state index is 13.6. The van der Waals surface area contributed by atoms with Gasteiger partial charge in [0.05, 0.1) is 12.1 Å². The Morgan fingerprint density at radius 3 is 2.14 bits per heavy atom. The lowest BCUT2D eigenvalue weighted by Crippen LogP contribution is -2.71. The largest absolute Gasteiger partial charge is 0.462 e. The van der Waals surface area contributed by atoms with Crippen LogP contribution in [0.4, 0.5) is 4.79 Å². The van der Waals surface area contributed by atoms with Gasteiger partial charge in [-0.3, -0.25) is 9.69 Å². The summed E-state index contributed by atoms with van der Waals surface area (Å²) in [5.74, 6) is -0.889. The Bertz CT molecular complexity index is 1330. The van der Waals surface area contributed by atoms with Gasteiger partial charge in [0.2, 0.25) is 5.91 Å². The molecule has 2 saturated heterocycles. The van der Waals surface area contributed by atoms with Crippen LogP contribution in [0.1, 0.15) is 42.5 Å². The van der Waals surface area contributed by atoms with E-state index in [0.29, 0.717) is 0 Å². The van der Waals surface area contributed by atoms with E-state index in [9.17, 15) is 14.4 Å². The van der Waals surface area contributed by atoms with Gasteiger partial charge in [-0.05, 0) is 41.7 Å². The third kappa shape index (κ3) is 3.68. The fourth-order valence-electron chi connectivity index (χ4n) is 6.12. The summed E-state index contributed by atoms with van der Waals surface area (Å²) in [6.45, 7) is 3.70. The van der Waals surface area contributed by atoms with Crippen LogP contribution in [0.15, 0.2) is 78.9 Å². The first-order chi connectivity index (χ1) is 18.0. The quantitative estimate of drug-likeness (QED) is 0.499. The third-order valence-corrected chi connectivity index (χ3v) is 7.92. The number of hydrogen-bond acceptors (Lipinski definition) is 5. The molecular formula is C30H28N2O5. The number of esters is 1. The standard InChI is InChI=1S/C30H28N2O5/c1-18-27-29(34)36-17-26(20-10-4-3-5-11-20)32(27)28(33)19(2)31(18)30(35)37-16-25-23-14-8-6-12-21(23)22-13-7-9-15-24(22)25/h3-15,18-19,25-27H,16-17H2,1-2H3/t18?,19-,26-,27-/m0/s1. The Labute approximate surface area is 215 Å². The highest BCUT2D eigenvalue weighted by atomic mass is 16.6. The first kappa shape index (κ1) is 23.3. The van der Waals surface area contributed by atoms with Crippen molar-refractivity contribution in [2.75, 3.05) is 13.2 Å². The smallest absolute Gasteiger partial charge is 0.410 e. The van der Waals surface area contributed by atoms with E-state index in [2.05, 4.69) is 24.3 Å². The Morgan fingerprint density at radius 1 is 0.892 bits per heavy atom. The second kappa shape index (κ2) is 9.07. The van der Waals surface area contributed by atoms with E-state index in [-0.39, 0.29) is 25.0 Å². The van der Waals surface area contributed by atoms with Crippen molar-refractivity contribution in [2.45, 2.75) is 43.9 Å². The highest BCUT2D eigenvalue weighted by molar-refractivity contribution is 5.93. The van der Waals surface area contributed by atoms with E-state index in [1.54, 1.807) is 18.7 Å². The van der Waals surface area contributed by atoms with Crippen LogP contribution >= 0.6 is 0 Å². The number of morpholine rings is 1. The fraction of sp³-hybridized carbons (Fsp3) is 0.300. The van der Waals surface area contributed by atoms with Gasteiger partial charge in [-0.2, -0.15) is 0 Å². The van der Waals surface area contributed by atoms with E-state index in [0.717, 1.165) is 27.8 Å². The van der Waals surface area contributed by atoms with Gasteiger partial charge in [-0.25, -0.2) is 9.59 Å². The van der Waals surface area contributed by atoms with Gasteiger partial charge in [0.25, 0.3) is 0 Å². The van der Waals surface area contributed by atoms with Crippen LogP contribution in [0.25, 0.3) is 11.1 Å². The Morgan fingerprint density at radius 2 is 1.49 bits per heavy atom. The predicted molar refractivity (Wildman–Crippen MR) is 137 cm³/mol. The fourth-order valence-corrected chi connectivity index (χ4v) is 6.12. The molecule has 2 heterocycles. The summed E-state index contributed by atoms with van der Waals surface area (Å²) < 4.78 is 11.4. The molecule has 0 radical (unpaired) electrons. The second-order valence-electron chi connectivity index (χ2n) is 9.87. The third-order valence-electron chi connectivity index (χ3n) is 7.92. The van der Waals surface area contributed by atoms with Crippen molar-refractivity contribution in [3.05, 3.63) is 95.6 Å². The predicted octanol–water partition coefficient (Wildman–Crippen LogP) is 4.52. The van der Waals surface area contributed by atoms with Crippen LogP contribution < -0.4 is 0 Å². The van der Waals surface area contributed by atoms with Gasteiger partial charge in [-0.15, -0.1) is 0 Å². The molecule has 3 aromatic carbocycles. The number of carbonyl (C=O) groups is 3. The summed E-state index contributed by atoms with van der Waals surface area (Å²) >= 11 is 0. The van der Waals surface area contributed by atoms with Gasteiger partial charge in [0.1, 0.15) is 19.3 Å². The molecule has 0 bridgehead atoms. The van der Waals surface area contributed by atoms with Gasteiger partial charge in [-0.1, -0.05) is 78.9 Å². The SMILES string of the molecule is CC1[C@H]2C(=O)OC[C@@H](c3ccccc3)N2C(=O)[C@H](C)N1C(=O)OCC1c2ccccc2-c2ccccc21.